The molecule has 10 heteroatoms. The Morgan fingerprint density at radius 3 is 2.50 bits per heavy atom. The number of rotatable bonds is 8. The zero-order valence-corrected chi connectivity index (χ0v) is 21.7. The Kier molecular flexibility index (Phi) is 13.7. The second kappa shape index (κ2) is 16.2. The van der Waals surface area contributed by atoms with Crippen LogP contribution in [0.1, 0.15) is 6.92 Å². The monoisotopic (exact) mass is 533 g/mol. The number of aromatic nitrogens is 2. The highest BCUT2D eigenvalue weighted by molar-refractivity contribution is 7.99. The number of aromatic amines is 1. The van der Waals surface area contributed by atoms with Gasteiger partial charge in [0.15, 0.2) is 0 Å². The van der Waals surface area contributed by atoms with Crippen molar-refractivity contribution in [3.05, 3.63) is 91.3 Å². The molecular formula is C26H29ClFN3O4S. The number of nitrogens with zero attached hydrogens (tertiary/aromatic N) is 2. The number of anilines is 1. The maximum atomic E-state index is 12.6. The van der Waals surface area contributed by atoms with Gasteiger partial charge in [-0.3, -0.25) is 10.00 Å². The second-order valence-corrected chi connectivity index (χ2v) is 8.37. The smallest absolute Gasteiger partial charge is 0.414 e. The molecule has 1 aliphatic rings. The van der Waals surface area contributed by atoms with Gasteiger partial charge in [-0.15, -0.1) is 11.8 Å². The summed E-state index contributed by atoms with van der Waals surface area (Å²) in [5.74, 6) is 0.731. The molecule has 0 bridgehead atoms. The van der Waals surface area contributed by atoms with Gasteiger partial charge in [-0.05, 0) is 19.1 Å². The number of carbonyl (C=O) groups excluding carboxylic acids is 2. The van der Waals surface area contributed by atoms with E-state index in [9.17, 15) is 9.18 Å². The molecule has 192 valence electrons. The molecule has 0 saturated heterocycles. The van der Waals surface area contributed by atoms with Crippen LogP contribution in [0.5, 0.6) is 0 Å². The summed E-state index contributed by atoms with van der Waals surface area (Å²) in [6.07, 6.45) is 5.79. The van der Waals surface area contributed by atoms with E-state index >= 15 is 0 Å². The lowest BCUT2D eigenvalue weighted by molar-refractivity contribution is -0.0980. The molecule has 0 unspecified atom stereocenters. The number of thioether (sulfide) groups is 1. The molecule has 0 aliphatic carbocycles. The number of benzene rings is 1. The third kappa shape index (κ3) is 8.90. The van der Waals surface area contributed by atoms with Gasteiger partial charge in [0.1, 0.15) is 31.6 Å². The first kappa shape index (κ1) is 30.5. The summed E-state index contributed by atoms with van der Waals surface area (Å²) in [5.41, 5.74) is 3.56. The van der Waals surface area contributed by atoms with E-state index in [4.69, 9.17) is 25.9 Å². The van der Waals surface area contributed by atoms with Gasteiger partial charge in [-0.1, -0.05) is 56.1 Å². The topological polar surface area (TPSA) is 84.5 Å². The van der Waals surface area contributed by atoms with Gasteiger partial charge in [0.05, 0.1) is 11.9 Å². The largest absolute Gasteiger partial charge is 0.490 e. The van der Waals surface area contributed by atoms with Crippen LogP contribution >= 0.6 is 23.4 Å². The lowest BCUT2D eigenvalue weighted by atomic mass is 10.1. The molecule has 1 aromatic heterocycles. The fourth-order valence-corrected chi connectivity index (χ4v) is 4.08. The number of ether oxygens (including phenoxy) is 2. The quantitative estimate of drug-likeness (QED) is 0.227. The Balaban J connectivity index is 0.000000826. The number of halogens is 2. The van der Waals surface area contributed by atoms with Crippen molar-refractivity contribution in [1.29, 1.82) is 0 Å². The fraction of sp³-hybridized carbons (Fsp3) is 0.192. The number of carbonyl (C=O) groups is 2. The van der Waals surface area contributed by atoms with Crippen molar-refractivity contribution < 1.29 is 23.5 Å². The molecule has 0 spiro atoms. The van der Waals surface area contributed by atoms with Crippen LogP contribution in [-0.2, 0) is 14.3 Å². The molecule has 0 atom stereocenters. The van der Waals surface area contributed by atoms with Gasteiger partial charge in [0.25, 0.3) is 0 Å². The molecule has 2 aromatic rings. The van der Waals surface area contributed by atoms with E-state index in [-0.39, 0.29) is 13.2 Å². The molecular weight excluding hydrogens is 505 g/mol. The van der Waals surface area contributed by atoms with Gasteiger partial charge in [-0.25, -0.2) is 9.18 Å². The molecule has 36 heavy (non-hydrogen) atoms. The first-order valence-corrected chi connectivity index (χ1v) is 11.9. The van der Waals surface area contributed by atoms with Crippen LogP contribution in [0, 0.1) is 0 Å². The number of hydrogen-bond donors (Lipinski definition) is 1. The summed E-state index contributed by atoms with van der Waals surface area (Å²) < 4.78 is 22.0. The van der Waals surface area contributed by atoms with Gasteiger partial charge in [0, 0.05) is 45.1 Å². The number of nitrogens with one attached hydrogen (secondary N) is 1. The number of allylic oxidation sites excluding steroid dienone is 5. The minimum Gasteiger partial charge on any atom is -0.490 e. The van der Waals surface area contributed by atoms with Crippen molar-refractivity contribution in [1.82, 2.24) is 10.2 Å². The van der Waals surface area contributed by atoms with Crippen LogP contribution in [0.15, 0.2) is 96.1 Å². The maximum absolute atomic E-state index is 12.6. The standard InChI is InChI=1S/C21H22ClN3O3S.C4H5F.CH2O/c1-4-18(22)14(2)15(3)27-9-10-28-21(26)25-8-11-29-20-17(6-5-7-19(20)25)16-12-23-24-13-16;1-3-4(2)5;1-2/h4-7,12-13H,1,3,8-11H2,2H3,(H,23,24);3H,1-2H2;1H2/b18-14+;;. The molecule has 0 saturated carbocycles. The van der Waals surface area contributed by atoms with Crippen molar-refractivity contribution in [3.63, 3.8) is 0 Å². The summed E-state index contributed by atoms with van der Waals surface area (Å²) in [7, 11) is 0. The average molecular weight is 534 g/mol. The highest BCUT2D eigenvalue weighted by Crippen LogP contribution is 2.41. The fourth-order valence-electron chi connectivity index (χ4n) is 2.83. The van der Waals surface area contributed by atoms with Gasteiger partial charge in [-0.2, -0.15) is 5.10 Å². The predicted octanol–water partition coefficient (Wildman–Crippen LogP) is 6.83. The van der Waals surface area contributed by atoms with E-state index in [1.54, 1.807) is 29.8 Å². The van der Waals surface area contributed by atoms with Crippen molar-refractivity contribution in [2.24, 2.45) is 0 Å². The normalized spacial score (nSPS) is 12.2. The van der Waals surface area contributed by atoms with Gasteiger partial charge < -0.3 is 14.3 Å². The third-order valence-corrected chi connectivity index (χ3v) is 6.18. The molecule has 1 amide bonds. The van der Waals surface area contributed by atoms with Crippen LogP contribution in [0.4, 0.5) is 14.9 Å². The Morgan fingerprint density at radius 2 is 1.92 bits per heavy atom. The molecule has 2 heterocycles. The zero-order chi connectivity index (χ0) is 27.1. The first-order valence-electron chi connectivity index (χ1n) is 10.6. The summed E-state index contributed by atoms with van der Waals surface area (Å²) >= 11 is 7.72. The highest BCUT2D eigenvalue weighted by Gasteiger charge is 2.26. The van der Waals surface area contributed by atoms with E-state index in [1.807, 2.05) is 31.2 Å². The SMILES string of the molecule is C=C/C(Cl)=C(/C)C(=C)OCCOC(=O)N1CCSc2c(-c3cn[nH]c3)cccc21.C=CC(=C)F.C=O. The Morgan fingerprint density at radius 1 is 1.25 bits per heavy atom. The van der Waals surface area contributed by atoms with Crippen LogP contribution in [0.3, 0.4) is 0 Å². The van der Waals surface area contributed by atoms with Crippen molar-refractivity contribution in [2.45, 2.75) is 11.8 Å². The summed E-state index contributed by atoms with van der Waals surface area (Å²) in [6.45, 7) is 18.1. The molecule has 7 nitrogen and oxygen atoms in total. The van der Waals surface area contributed by atoms with Crippen molar-refractivity contribution in [3.8, 4) is 11.1 Å². The Bertz CT molecular complexity index is 1100. The average Bonchev–Trinajstić information content (AvgIpc) is 3.45. The zero-order valence-electron chi connectivity index (χ0n) is 20.1. The number of fused-ring (bicyclic) bond motifs is 1. The van der Waals surface area contributed by atoms with E-state index in [0.717, 1.165) is 33.5 Å². The van der Waals surface area contributed by atoms with Crippen LogP contribution in [0.2, 0.25) is 0 Å². The first-order chi connectivity index (χ1) is 17.3. The van der Waals surface area contributed by atoms with E-state index in [1.165, 1.54) is 6.08 Å². The number of hydrogen-bond acceptors (Lipinski definition) is 6. The molecule has 1 N–H and O–H groups in total. The summed E-state index contributed by atoms with van der Waals surface area (Å²) in [5, 5.41) is 7.32. The molecule has 0 radical (unpaired) electrons. The molecule has 1 aromatic carbocycles. The third-order valence-electron chi connectivity index (χ3n) is 4.64. The van der Waals surface area contributed by atoms with E-state index < -0.39 is 11.9 Å². The van der Waals surface area contributed by atoms with Crippen LogP contribution < -0.4 is 4.90 Å². The van der Waals surface area contributed by atoms with Crippen molar-refractivity contribution in [2.75, 3.05) is 30.4 Å². The van der Waals surface area contributed by atoms with E-state index in [2.05, 4.69) is 36.5 Å². The number of amides is 1. The van der Waals surface area contributed by atoms with Gasteiger partial charge >= 0.3 is 6.09 Å². The summed E-state index contributed by atoms with van der Waals surface area (Å²) in [6, 6.07) is 5.88. The molecule has 0 fully saturated rings. The Labute approximate surface area is 220 Å². The second-order valence-electron chi connectivity index (χ2n) is 6.85. The predicted molar refractivity (Wildman–Crippen MR) is 145 cm³/mol. The molecule has 3 rings (SSSR count). The lowest BCUT2D eigenvalue weighted by Gasteiger charge is -2.29. The minimum absolute atomic E-state index is 0.108. The minimum atomic E-state index is -0.481. The van der Waals surface area contributed by atoms with Crippen LogP contribution in [-0.4, -0.2) is 48.6 Å². The summed E-state index contributed by atoms with van der Waals surface area (Å²) in [4.78, 5) is 23.3. The van der Waals surface area contributed by atoms with Crippen molar-refractivity contribution >= 4 is 41.9 Å². The highest BCUT2D eigenvalue weighted by atomic mass is 35.5. The van der Waals surface area contributed by atoms with Crippen LogP contribution in [0.25, 0.3) is 11.1 Å². The maximum Gasteiger partial charge on any atom is 0.414 e. The molecule has 1 aliphatic heterocycles. The van der Waals surface area contributed by atoms with Gasteiger partial charge in [0.2, 0.25) is 0 Å². The lowest BCUT2D eigenvalue weighted by Crippen LogP contribution is -2.36. The van der Waals surface area contributed by atoms with E-state index in [0.29, 0.717) is 22.9 Å². The number of H-pyrrole nitrogens is 1. The Hall–Kier alpha value is -3.56.